The van der Waals surface area contributed by atoms with Crippen LogP contribution in [0.2, 0.25) is 0 Å². The molecule has 0 heterocycles. The van der Waals surface area contributed by atoms with E-state index in [-0.39, 0.29) is 107 Å². The monoisotopic (exact) mass is 492 g/mol. The minimum absolute atomic E-state index is 0. The van der Waals surface area contributed by atoms with Crippen molar-refractivity contribution in [3.8, 4) is 0 Å². The molecule has 3 radical (unpaired) electrons. The van der Waals surface area contributed by atoms with E-state index in [9.17, 15) is 28.8 Å². The normalized spacial score (nSPS) is 12.3. The van der Waals surface area contributed by atoms with E-state index in [1.165, 1.54) is 0 Å². The predicted molar refractivity (Wildman–Crippen MR) is 111 cm³/mol. The molecule has 0 aromatic rings. The molecule has 0 aliphatic heterocycles. The van der Waals surface area contributed by atoms with E-state index in [0.717, 1.165) is 0 Å². The SMILES string of the molecule is N[C@@H](CCC(=O)N[C@@H](CSC(CC(=O)O)C(=O)O)C(=O)NCC(=O)O)C(=O)O.[Na].[Na].[Na]. The van der Waals surface area contributed by atoms with Gasteiger partial charge in [0.2, 0.25) is 11.8 Å². The third kappa shape index (κ3) is 19.3. The Bertz CT molecular complexity index is 641. The zero-order chi connectivity index (χ0) is 21.9. The zero-order valence-electron chi connectivity index (χ0n) is 17.5. The van der Waals surface area contributed by atoms with E-state index in [2.05, 4.69) is 5.32 Å². The van der Waals surface area contributed by atoms with Crippen LogP contribution < -0.4 is 16.4 Å². The second-order valence-electron chi connectivity index (χ2n) is 5.47. The molecule has 0 spiro atoms. The average molecular weight is 492 g/mol. The van der Waals surface area contributed by atoms with Gasteiger partial charge in [-0.05, 0) is 6.42 Å². The van der Waals surface area contributed by atoms with Crippen LogP contribution in [0.5, 0.6) is 0 Å². The van der Waals surface area contributed by atoms with Crippen LogP contribution in [-0.2, 0) is 28.8 Å². The Labute approximate surface area is 247 Å². The van der Waals surface area contributed by atoms with Gasteiger partial charge in [0.25, 0.3) is 0 Å². The first-order valence-electron chi connectivity index (χ1n) is 7.77. The van der Waals surface area contributed by atoms with Crippen LogP contribution in [0.15, 0.2) is 0 Å². The summed E-state index contributed by atoms with van der Waals surface area (Å²) in [5, 5.41) is 37.8. The van der Waals surface area contributed by atoms with Crippen molar-refractivity contribution >= 4 is 136 Å². The molecule has 0 aromatic heterocycles. The summed E-state index contributed by atoms with van der Waals surface area (Å²) < 4.78 is 0. The Morgan fingerprint density at radius 1 is 0.871 bits per heavy atom. The molecule has 0 saturated heterocycles. The fourth-order valence-corrected chi connectivity index (χ4v) is 2.80. The summed E-state index contributed by atoms with van der Waals surface area (Å²) in [6, 6.07) is -2.67. The molecular formula is C14H21N3Na3O10S. The van der Waals surface area contributed by atoms with E-state index < -0.39 is 66.0 Å². The molecule has 17 heteroatoms. The number of carboxylic acid groups (broad SMARTS) is 4. The first kappa shape index (κ1) is 38.4. The van der Waals surface area contributed by atoms with Crippen LogP contribution in [-0.4, -0.2) is 174 Å². The number of carboxylic acids is 4. The molecule has 13 nitrogen and oxygen atoms in total. The number of carbonyl (C=O) groups excluding carboxylic acids is 2. The number of hydrogen-bond acceptors (Lipinski definition) is 8. The summed E-state index contributed by atoms with van der Waals surface area (Å²) in [5.74, 6) is -7.53. The molecule has 31 heavy (non-hydrogen) atoms. The molecule has 0 rings (SSSR count). The molecular weight excluding hydrogens is 471 g/mol. The van der Waals surface area contributed by atoms with E-state index >= 15 is 0 Å². The molecule has 161 valence electrons. The Hall–Kier alpha value is 0.130. The summed E-state index contributed by atoms with van der Waals surface area (Å²) in [4.78, 5) is 66.9. The topological polar surface area (TPSA) is 233 Å². The van der Waals surface area contributed by atoms with Crippen molar-refractivity contribution < 1.29 is 49.2 Å². The van der Waals surface area contributed by atoms with Crippen LogP contribution in [0.25, 0.3) is 0 Å². The van der Waals surface area contributed by atoms with Gasteiger partial charge in [-0.1, -0.05) is 0 Å². The summed E-state index contributed by atoms with van der Waals surface area (Å²) in [6.45, 7) is -0.753. The van der Waals surface area contributed by atoms with E-state index in [1.54, 1.807) is 0 Å². The van der Waals surface area contributed by atoms with E-state index in [0.29, 0.717) is 11.8 Å². The fourth-order valence-electron chi connectivity index (χ4n) is 1.73. The van der Waals surface area contributed by atoms with Gasteiger partial charge in [-0.2, -0.15) is 0 Å². The van der Waals surface area contributed by atoms with Crippen molar-refractivity contribution in [2.24, 2.45) is 5.73 Å². The molecule has 3 atom stereocenters. The molecule has 0 bridgehead atoms. The van der Waals surface area contributed by atoms with Gasteiger partial charge in [-0.3, -0.25) is 28.8 Å². The second-order valence-corrected chi connectivity index (χ2v) is 6.71. The van der Waals surface area contributed by atoms with Gasteiger partial charge in [-0.15, -0.1) is 11.8 Å². The van der Waals surface area contributed by atoms with E-state index in [1.807, 2.05) is 5.32 Å². The number of nitrogens with two attached hydrogens (primary N) is 1. The van der Waals surface area contributed by atoms with Crippen molar-refractivity contribution in [3.05, 3.63) is 0 Å². The summed E-state index contributed by atoms with van der Waals surface area (Å²) in [6.07, 6.45) is -1.31. The largest absolute Gasteiger partial charge is 0.481 e. The molecule has 1 unspecified atom stereocenters. The van der Waals surface area contributed by atoms with Crippen LogP contribution in [0.3, 0.4) is 0 Å². The van der Waals surface area contributed by atoms with Crippen molar-refractivity contribution in [2.75, 3.05) is 12.3 Å². The van der Waals surface area contributed by atoms with Gasteiger partial charge in [0, 0.05) is 101 Å². The Morgan fingerprint density at radius 3 is 1.84 bits per heavy atom. The standard InChI is InChI=1S/C14H21N3O10S.3Na/c15-6(13(24)25)1-2-9(18)17-7(12(23)16-4-11(21)22)5-28-8(14(26)27)3-10(19)20;;;/h6-8H,1-5,15H2,(H,16,23)(H,17,18)(H,19,20)(H,21,22)(H,24,25)(H,26,27);;;/t6-,7-,8?;;;/m0.../s1. The molecule has 0 aliphatic rings. The van der Waals surface area contributed by atoms with Crippen molar-refractivity contribution in [3.63, 3.8) is 0 Å². The third-order valence-corrected chi connectivity index (χ3v) is 4.46. The first-order valence-corrected chi connectivity index (χ1v) is 8.82. The van der Waals surface area contributed by atoms with Gasteiger partial charge in [-0.25, -0.2) is 0 Å². The minimum Gasteiger partial charge on any atom is -0.481 e. The number of rotatable bonds is 14. The average Bonchev–Trinajstić information content (AvgIpc) is 2.58. The Morgan fingerprint density at radius 2 is 1.42 bits per heavy atom. The van der Waals surface area contributed by atoms with Crippen molar-refractivity contribution in [1.82, 2.24) is 10.6 Å². The zero-order valence-corrected chi connectivity index (χ0v) is 24.3. The van der Waals surface area contributed by atoms with Crippen LogP contribution in [0.1, 0.15) is 19.3 Å². The first-order chi connectivity index (χ1) is 12.9. The van der Waals surface area contributed by atoms with E-state index in [4.69, 9.17) is 26.2 Å². The van der Waals surface area contributed by atoms with Crippen molar-refractivity contribution in [1.29, 1.82) is 0 Å². The molecule has 0 aliphatic carbocycles. The Kier molecular flexibility index (Phi) is 25.7. The van der Waals surface area contributed by atoms with Crippen molar-refractivity contribution in [2.45, 2.75) is 36.6 Å². The van der Waals surface area contributed by atoms with Gasteiger partial charge in [0.1, 0.15) is 23.9 Å². The predicted octanol–water partition coefficient (Wildman–Crippen LogP) is -3.62. The van der Waals surface area contributed by atoms with Gasteiger partial charge in [0.05, 0.1) is 6.42 Å². The summed E-state index contributed by atoms with van der Waals surface area (Å²) in [5.41, 5.74) is 5.27. The maximum absolute atomic E-state index is 12.0. The molecule has 0 aromatic carbocycles. The molecule has 8 N–H and O–H groups in total. The third-order valence-electron chi connectivity index (χ3n) is 3.16. The number of carbonyl (C=O) groups is 6. The number of thioether (sulfide) groups is 1. The molecule has 0 fully saturated rings. The van der Waals surface area contributed by atoms with Crippen LogP contribution in [0, 0.1) is 0 Å². The van der Waals surface area contributed by atoms with Crippen LogP contribution >= 0.6 is 11.8 Å². The number of hydrogen-bond donors (Lipinski definition) is 7. The minimum atomic E-state index is -1.43. The fraction of sp³-hybridized carbons (Fsp3) is 0.571. The summed E-state index contributed by atoms with van der Waals surface area (Å²) in [7, 11) is 0. The summed E-state index contributed by atoms with van der Waals surface area (Å²) >= 11 is 0.578. The maximum Gasteiger partial charge on any atom is 0.322 e. The molecule has 2 amide bonds. The Balaban J connectivity index is -0.00000121. The van der Waals surface area contributed by atoms with Gasteiger partial charge in [0.15, 0.2) is 0 Å². The molecule has 0 saturated carbocycles. The number of amides is 2. The quantitative estimate of drug-likeness (QED) is 0.116. The number of nitrogens with one attached hydrogen (secondary N) is 2. The van der Waals surface area contributed by atoms with Gasteiger partial charge < -0.3 is 36.8 Å². The second kappa shape index (κ2) is 20.7. The maximum atomic E-state index is 12.0. The van der Waals surface area contributed by atoms with Crippen LogP contribution in [0.4, 0.5) is 0 Å². The smallest absolute Gasteiger partial charge is 0.322 e. The van der Waals surface area contributed by atoms with Gasteiger partial charge >= 0.3 is 23.9 Å². The number of aliphatic carboxylic acids is 4.